The minimum atomic E-state index is -1.19. The summed E-state index contributed by atoms with van der Waals surface area (Å²) in [6.45, 7) is 0.257. The van der Waals surface area contributed by atoms with Crippen LogP contribution in [0.25, 0.3) is 0 Å². The molecule has 5 nitrogen and oxygen atoms in total. The molecule has 3 rings (SSSR count). The van der Waals surface area contributed by atoms with Crippen molar-refractivity contribution < 1.29 is 18.4 Å². The average Bonchev–Trinajstić information content (AvgIpc) is 3.38. The summed E-state index contributed by atoms with van der Waals surface area (Å²) in [7, 11) is 0. The second-order valence-corrected chi connectivity index (χ2v) is 5.70. The molecule has 7 heteroatoms. The maximum Gasteiger partial charge on any atom is 0.240 e. The van der Waals surface area contributed by atoms with Gasteiger partial charge in [-0.05, 0) is 36.6 Å². The lowest BCUT2D eigenvalue weighted by atomic mass is 10.0. The Hall–Kier alpha value is -2.83. The first-order chi connectivity index (χ1) is 11.5. The second-order valence-electron chi connectivity index (χ2n) is 5.70. The fourth-order valence-electron chi connectivity index (χ4n) is 2.37. The topological polar surface area (TPSA) is 71.1 Å². The molecule has 1 saturated carbocycles. The lowest BCUT2D eigenvalue weighted by Crippen LogP contribution is -2.39. The van der Waals surface area contributed by atoms with Gasteiger partial charge < -0.3 is 10.6 Å². The van der Waals surface area contributed by atoms with Gasteiger partial charge in [0.25, 0.3) is 0 Å². The molecule has 1 aromatic carbocycles. The van der Waals surface area contributed by atoms with Gasteiger partial charge in [-0.15, -0.1) is 0 Å². The van der Waals surface area contributed by atoms with Crippen molar-refractivity contribution in [2.75, 3.05) is 5.32 Å². The summed E-state index contributed by atoms with van der Waals surface area (Å²) < 4.78 is 26.5. The number of hydrogen-bond acceptors (Lipinski definition) is 3. The van der Waals surface area contributed by atoms with Crippen molar-refractivity contribution in [1.82, 2.24) is 10.3 Å². The van der Waals surface area contributed by atoms with E-state index in [1.165, 1.54) is 0 Å². The van der Waals surface area contributed by atoms with Crippen molar-refractivity contribution in [3.05, 3.63) is 59.9 Å². The number of rotatable bonds is 5. The first kappa shape index (κ1) is 16.0. The van der Waals surface area contributed by atoms with E-state index in [0.717, 1.165) is 17.7 Å². The average molecular weight is 331 g/mol. The van der Waals surface area contributed by atoms with E-state index in [9.17, 15) is 18.4 Å². The molecule has 0 bridgehead atoms. The number of aromatic nitrogens is 1. The normalized spacial score (nSPS) is 14.8. The van der Waals surface area contributed by atoms with Crippen LogP contribution in [-0.2, 0) is 16.1 Å². The van der Waals surface area contributed by atoms with Gasteiger partial charge in [0.05, 0.1) is 5.69 Å². The van der Waals surface area contributed by atoms with Crippen molar-refractivity contribution in [3.8, 4) is 0 Å². The van der Waals surface area contributed by atoms with Crippen LogP contribution in [0, 0.1) is 17.0 Å². The molecule has 1 aromatic heterocycles. The number of halogens is 2. The smallest absolute Gasteiger partial charge is 0.240 e. The quantitative estimate of drug-likeness (QED) is 0.827. The summed E-state index contributed by atoms with van der Waals surface area (Å²) >= 11 is 0. The summed E-state index contributed by atoms with van der Waals surface area (Å²) in [6.07, 6.45) is 4.02. The number of amides is 2. The lowest BCUT2D eigenvalue weighted by Gasteiger charge is -2.15. The van der Waals surface area contributed by atoms with Gasteiger partial charge in [-0.2, -0.15) is 0 Å². The van der Waals surface area contributed by atoms with Crippen LogP contribution in [0.5, 0.6) is 0 Å². The number of anilines is 1. The third-order valence-electron chi connectivity index (χ3n) is 3.97. The highest BCUT2D eigenvalue weighted by Crippen LogP contribution is 2.47. The zero-order valence-corrected chi connectivity index (χ0v) is 12.7. The first-order valence-corrected chi connectivity index (χ1v) is 7.45. The van der Waals surface area contributed by atoms with Crippen LogP contribution < -0.4 is 10.6 Å². The van der Waals surface area contributed by atoms with Crippen LogP contribution >= 0.6 is 0 Å². The molecule has 1 aliphatic carbocycles. The number of carbonyl (C=O) groups excluding carboxylic acids is 2. The van der Waals surface area contributed by atoms with Crippen molar-refractivity contribution in [2.45, 2.75) is 19.4 Å². The van der Waals surface area contributed by atoms with Crippen LogP contribution in [0.2, 0.25) is 0 Å². The van der Waals surface area contributed by atoms with Gasteiger partial charge in [-0.1, -0.05) is 6.07 Å². The van der Waals surface area contributed by atoms with Gasteiger partial charge in [0.2, 0.25) is 11.8 Å². The Morgan fingerprint density at radius 1 is 1.17 bits per heavy atom. The monoisotopic (exact) mass is 331 g/mol. The highest BCUT2D eigenvalue weighted by molar-refractivity contribution is 6.13. The Morgan fingerprint density at radius 3 is 2.58 bits per heavy atom. The minimum Gasteiger partial charge on any atom is -0.351 e. The van der Waals surface area contributed by atoms with E-state index in [0.29, 0.717) is 18.9 Å². The third-order valence-corrected chi connectivity index (χ3v) is 3.97. The molecule has 0 unspecified atom stereocenters. The number of nitrogens with zero attached hydrogens (tertiary/aromatic N) is 1. The fourth-order valence-corrected chi connectivity index (χ4v) is 2.37. The van der Waals surface area contributed by atoms with Crippen LogP contribution in [0.15, 0.2) is 42.7 Å². The predicted octanol–water partition coefficient (Wildman–Crippen LogP) is 2.39. The summed E-state index contributed by atoms with van der Waals surface area (Å²) in [6, 6.07) is 6.41. The van der Waals surface area contributed by atoms with E-state index in [1.54, 1.807) is 24.5 Å². The molecule has 0 radical (unpaired) electrons. The van der Waals surface area contributed by atoms with Crippen molar-refractivity contribution in [3.63, 3.8) is 0 Å². The lowest BCUT2D eigenvalue weighted by molar-refractivity contribution is -0.134. The fraction of sp³-hybridized carbons (Fsp3) is 0.235. The van der Waals surface area contributed by atoms with E-state index in [1.807, 2.05) is 0 Å². The molecule has 2 N–H and O–H groups in total. The molecule has 1 aliphatic rings. The number of nitrogens with one attached hydrogen (secondary N) is 2. The van der Waals surface area contributed by atoms with E-state index in [4.69, 9.17) is 0 Å². The van der Waals surface area contributed by atoms with Crippen molar-refractivity contribution >= 4 is 17.5 Å². The van der Waals surface area contributed by atoms with Gasteiger partial charge in [-0.3, -0.25) is 14.6 Å². The van der Waals surface area contributed by atoms with Gasteiger partial charge in [0.15, 0.2) is 0 Å². The summed E-state index contributed by atoms with van der Waals surface area (Å²) in [5.41, 5.74) is -0.525. The Bertz CT molecular complexity index is 777. The van der Waals surface area contributed by atoms with E-state index >= 15 is 0 Å². The molecule has 2 amide bonds. The van der Waals surface area contributed by atoms with Crippen molar-refractivity contribution in [2.24, 2.45) is 5.41 Å². The Kier molecular flexibility index (Phi) is 4.24. The summed E-state index contributed by atoms with van der Waals surface area (Å²) in [5, 5.41) is 5.06. The number of pyridine rings is 1. The van der Waals surface area contributed by atoms with Crippen LogP contribution in [0.3, 0.4) is 0 Å². The summed E-state index contributed by atoms with van der Waals surface area (Å²) in [5.74, 6) is -2.61. The highest BCUT2D eigenvalue weighted by atomic mass is 19.1. The van der Waals surface area contributed by atoms with E-state index < -0.39 is 28.9 Å². The zero-order valence-electron chi connectivity index (χ0n) is 12.7. The molecule has 1 fully saturated rings. The molecule has 2 aromatic rings. The molecular weight excluding hydrogens is 316 g/mol. The first-order valence-electron chi connectivity index (χ1n) is 7.45. The Balaban J connectivity index is 1.64. The molecule has 0 saturated heterocycles. The van der Waals surface area contributed by atoms with Crippen LogP contribution in [0.4, 0.5) is 14.5 Å². The van der Waals surface area contributed by atoms with Crippen LogP contribution in [-0.4, -0.2) is 16.8 Å². The molecule has 1 heterocycles. The number of hydrogen-bond donors (Lipinski definition) is 2. The second kappa shape index (κ2) is 6.35. The maximum atomic E-state index is 13.6. The van der Waals surface area contributed by atoms with Gasteiger partial charge >= 0.3 is 0 Å². The van der Waals surface area contributed by atoms with Gasteiger partial charge in [0.1, 0.15) is 17.0 Å². The van der Waals surface area contributed by atoms with Gasteiger partial charge in [-0.25, -0.2) is 8.78 Å². The van der Waals surface area contributed by atoms with Crippen molar-refractivity contribution in [1.29, 1.82) is 0 Å². The SMILES string of the molecule is O=C(NCc1cccnc1)C1(C(=O)Nc2ccc(F)cc2F)CC1. The molecule has 0 aliphatic heterocycles. The minimum absolute atomic E-state index is 0.146. The number of benzene rings is 1. The third kappa shape index (κ3) is 3.24. The van der Waals surface area contributed by atoms with Crippen LogP contribution in [0.1, 0.15) is 18.4 Å². The predicted molar refractivity (Wildman–Crippen MR) is 82.7 cm³/mol. The van der Waals surface area contributed by atoms with Gasteiger partial charge in [0, 0.05) is 25.0 Å². The van der Waals surface area contributed by atoms with E-state index in [-0.39, 0.29) is 12.2 Å². The maximum absolute atomic E-state index is 13.6. The Labute approximate surface area is 137 Å². The molecule has 0 atom stereocenters. The molecular formula is C17H15F2N3O2. The Morgan fingerprint density at radius 2 is 1.96 bits per heavy atom. The largest absolute Gasteiger partial charge is 0.351 e. The molecule has 0 spiro atoms. The summed E-state index contributed by atoms with van der Waals surface area (Å²) in [4.78, 5) is 28.6. The highest BCUT2D eigenvalue weighted by Gasteiger charge is 2.56. The standard InChI is InChI=1S/C17H15F2N3O2/c18-12-3-4-14(13(19)8-12)22-16(24)17(5-6-17)15(23)21-10-11-2-1-7-20-9-11/h1-4,7-9H,5-6,10H2,(H,21,23)(H,22,24). The molecule has 24 heavy (non-hydrogen) atoms. The molecule has 124 valence electrons. The zero-order chi connectivity index (χ0) is 17.2. The van der Waals surface area contributed by atoms with E-state index in [2.05, 4.69) is 15.6 Å². The number of carbonyl (C=O) groups is 2.